The lowest BCUT2D eigenvalue weighted by Gasteiger charge is -2.25. The molecular formula is C16H17F3N4O2S2. The summed E-state index contributed by atoms with van der Waals surface area (Å²) in [6.45, 7) is 3.85. The molecule has 1 saturated heterocycles. The van der Waals surface area contributed by atoms with Crippen LogP contribution in [0.4, 0.5) is 18.3 Å². The number of alkyl halides is 3. The zero-order chi connectivity index (χ0) is 19.3. The van der Waals surface area contributed by atoms with Gasteiger partial charge in [0.15, 0.2) is 5.13 Å². The Bertz CT molecular complexity index is 762. The fraction of sp³-hybridized carbons (Fsp3) is 0.438. The maximum absolute atomic E-state index is 12.5. The van der Waals surface area contributed by atoms with Gasteiger partial charge in [0.1, 0.15) is 0 Å². The van der Waals surface area contributed by atoms with E-state index in [0.29, 0.717) is 29.9 Å². The molecule has 1 aliphatic rings. The number of hydrogen-bond acceptors (Lipinski definition) is 7. The van der Waals surface area contributed by atoms with E-state index >= 15 is 0 Å². The van der Waals surface area contributed by atoms with Gasteiger partial charge in [0, 0.05) is 31.2 Å². The summed E-state index contributed by atoms with van der Waals surface area (Å²) in [5, 5.41) is 5.46. The van der Waals surface area contributed by atoms with Crippen LogP contribution in [0.2, 0.25) is 0 Å². The van der Waals surface area contributed by atoms with Gasteiger partial charge in [-0.1, -0.05) is 11.8 Å². The molecule has 11 heteroatoms. The second-order valence-corrected chi connectivity index (χ2v) is 7.61. The fourth-order valence-electron chi connectivity index (χ4n) is 2.35. The van der Waals surface area contributed by atoms with Gasteiger partial charge < -0.3 is 10.1 Å². The molecule has 1 fully saturated rings. The van der Waals surface area contributed by atoms with E-state index in [1.165, 1.54) is 17.4 Å². The minimum atomic E-state index is -4.42. The van der Waals surface area contributed by atoms with Gasteiger partial charge in [-0.25, -0.2) is 9.97 Å². The van der Waals surface area contributed by atoms with Crippen LogP contribution in [0.1, 0.15) is 11.3 Å². The Morgan fingerprint density at radius 1 is 1.33 bits per heavy atom. The zero-order valence-electron chi connectivity index (χ0n) is 14.2. The van der Waals surface area contributed by atoms with Crippen LogP contribution in [0.3, 0.4) is 0 Å². The van der Waals surface area contributed by atoms with Gasteiger partial charge in [-0.15, -0.1) is 11.3 Å². The van der Waals surface area contributed by atoms with Crippen molar-refractivity contribution in [2.24, 2.45) is 0 Å². The van der Waals surface area contributed by atoms with Crippen molar-refractivity contribution in [3.8, 4) is 0 Å². The summed E-state index contributed by atoms with van der Waals surface area (Å²) in [6, 6.07) is 2.20. The lowest BCUT2D eigenvalue weighted by Crippen LogP contribution is -2.35. The molecular weight excluding hydrogens is 401 g/mol. The van der Waals surface area contributed by atoms with Crippen LogP contribution in [0.5, 0.6) is 0 Å². The maximum atomic E-state index is 12.5. The van der Waals surface area contributed by atoms with E-state index < -0.39 is 11.7 Å². The molecule has 1 aliphatic heterocycles. The van der Waals surface area contributed by atoms with E-state index in [-0.39, 0.29) is 11.7 Å². The number of morpholine rings is 1. The SMILES string of the molecule is O=C(CSc1ccc(C(F)(F)F)cn1)Nc1nc(CN2CCOCC2)cs1. The van der Waals surface area contributed by atoms with Crippen molar-refractivity contribution >= 4 is 34.1 Å². The number of carbonyl (C=O) groups is 1. The van der Waals surface area contributed by atoms with Crippen LogP contribution < -0.4 is 5.32 Å². The largest absolute Gasteiger partial charge is 0.417 e. The predicted molar refractivity (Wildman–Crippen MR) is 96.8 cm³/mol. The number of carbonyl (C=O) groups excluding carboxylic acids is 1. The molecule has 0 atom stereocenters. The summed E-state index contributed by atoms with van der Waals surface area (Å²) in [4.78, 5) is 22.4. The molecule has 0 spiro atoms. The summed E-state index contributed by atoms with van der Waals surface area (Å²) in [7, 11) is 0. The third-order valence-electron chi connectivity index (χ3n) is 3.70. The average Bonchev–Trinajstić information content (AvgIpc) is 3.07. The molecule has 1 amide bonds. The van der Waals surface area contributed by atoms with Crippen molar-refractivity contribution in [2.75, 3.05) is 37.4 Å². The highest BCUT2D eigenvalue weighted by molar-refractivity contribution is 7.99. The third-order valence-corrected chi connectivity index (χ3v) is 5.45. The molecule has 0 unspecified atom stereocenters. The van der Waals surface area contributed by atoms with Crippen molar-refractivity contribution in [3.63, 3.8) is 0 Å². The van der Waals surface area contributed by atoms with Gasteiger partial charge >= 0.3 is 6.18 Å². The molecule has 6 nitrogen and oxygen atoms in total. The van der Waals surface area contributed by atoms with Crippen LogP contribution in [0.15, 0.2) is 28.7 Å². The molecule has 2 aromatic heterocycles. The number of thiazole rings is 1. The standard InChI is InChI=1S/C16H17F3N4O2S2/c17-16(18,19)11-1-2-14(20-7-11)26-10-13(24)22-15-21-12(9-27-15)8-23-3-5-25-6-4-23/h1-2,7,9H,3-6,8,10H2,(H,21,22,24). The first-order valence-corrected chi connectivity index (χ1v) is 9.97. The second kappa shape index (κ2) is 9.00. The molecule has 2 aromatic rings. The van der Waals surface area contributed by atoms with Gasteiger partial charge in [-0.2, -0.15) is 13.2 Å². The second-order valence-electron chi connectivity index (χ2n) is 5.75. The minimum Gasteiger partial charge on any atom is -0.379 e. The number of ether oxygens (including phenoxy) is 1. The number of aromatic nitrogens is 2. The van der Waals surface area contributed by atoms with E-state index in [1.807, 2.05) is 5.38 Å². The monoisotopic (exact) mass is 418 g/mol. The molecule has 1 N–H and O–H groups in total. The van der Waals surface area contributed by atoms with E-state index in [0.717, 1.165) is 42.8 Å². The number of halogens is 3. The summed E-state index contributed by atoms with van der Waals surface area (Å²) in [5.41, 5.74) is 0.0705. The van der Waals surface area contributed by atoms with E-state index in [2.05, 4.69) is 20.2 Å². The number of nitrogens with zero attached hydrogens (tertiary/aromatic N) is 3. The third kappa shape index (κ3) is 6.16. The normalized spacial score (nSPS) is 15.7. The zero-order valence-corrected chi connectivity index (χ0v) is 15.8. The van der Waals surface area contributed by atoms with Crippen molar-refractivity contribution in [1.29, 1.82) is 0 Å². The summed E-state index contributed by atoms with van der Waals surface area (Å²) < 4.78 is 42.8. The summed E-state index contributed by atoms with van der Waals surface area (Å²) >= 11 is 2.41. The number of amides is 1. The van der Waals surface area contributed by atoms with Gasteiger partial charge in [-0.05, 0) is 12.1 Å². The first-order chi connectivity index (χ1) is 12.9. The van der Waals surface area contributed by atoms with Crippen molar-refractivity contribution in [2.45, 2.75) is 17.7 Å². The average molecular weight is 418 g/mol. The van der Waals surface area contributed by atoms with Crippen LogP contribution in [-0.4, -0.2) is 52.8 Å². The lowest BCUT2D eigenvalue weighted by molar-refractivity contribution is -0.137. The van der Waals surface area contributed by atoms with E-state index in [9.17, 15) is 18.0 Å². The molecule has 3 rings (SSSR count). The highest BCUT2D eigenvalue weighted by atomic mass is 32.2. The maximum Gasteiger partial charge on any atom is 0.417 e. The quantitative estimate of drug-likeness (QED) is 0.727. The van der Waals surface area contributed by atoms with Crippen LogP contribution >= 0.6 is 23.1 Å². The van der Waals surface area contributed by atoms with Crippen molar-refractivity contribution in [3.05, 3.63) is 35.0 Å². The number of nitrogens with one attached hydrogen (secondary N) is 1. The van der Waals surface area contributed by atoms with Crippen LogP contribution in [0.25, 0.3) is 0 Å². The highest BCUT2D eigenvalue weighted by Gasteiger charge is 2.30. The first-order valence-electron chi connectivity index (χ1n) is 8.10. The van der Waals surface area contributed by atoms with Crippen LogP contribution in [-0.2, 0) is 22.3 Å². The Labute approximate surface area is 162 Å². The number of anilines is 1. The molecule has 0 saturated carbocycles. The molecule has 27 heavy (non-hydrogen) atoms. The van der Waals surface area contributed by atoms with E-state index in [1.54, 1.807) is 0 Å². The molecule has 0 aromatic carbocycles. The number of thioether (sulfide) groups is 1. The van der Waals surface area contributed by atoms with Gasteiger partial charge in [0.25, 0.3) is 0 Å². The predicted octanol–water partition coefficient (Wildman–Crippen LogP) is 3.12. The number of pyridine rings is 1. The Hall–Kier alpha value is -1.69. The van der Waals surface area contributed by atoms with Crippen LogP contribution in [0, 0.1) is 0 Å². The van der Waals surface area contributed by atoms with Gasteiger partial charge in [0.2, 0.25) is 5.91 Å². The van der Waals surface area contributed by atoms with Crippen molar-refractivity contribution < 1.29 is 22.7 Å². The Morgan fingerprint density at radius 2 is 2.11 bits per heavy atom. The number of rotatable bonds is 6. The topological polar surface area (TPSA) is 67.4 Å². The van der Waals surface area contributed by atoms with E-state index in [4.69, 9.17) is 4.74 Å². The fourth-order valence-corrected chi connectivity index (χ4v) is 3.71. The Balaban J connectivity index is 1.45. The molecule has 0 aliphatic carbocycles. The first kappa shape index (κ1) is 20.1. The van der Waals surface area contributed by atoms with Gasteiger partial charge in [-0.3, -0.25) is 9.69 Å². The number of hydrogen-bond donors (Lipinski definition) is 1. The minimum absolute atomic E-state index is 0.0384. The highest BCUT2D eigenvalue weighted by Crippen LogP contribution is 2.29. The molecule has 3 heterocycles. The summed E-state index contributed by atoms with van der Waals surface area (Å²) in [5.74, 6) is -0.245. The molecule has 0 bridgehead atoms. The molecule has 146 valence electrons. The summed E-state index contributed by atoms with van der Waals surface area (Å²) in [6.07, 6.45) is -3.66. The van der Waals surface area contributed by atoms with Crippen molar-refractivity contribution in [1.82, 2.24) is 14.9 Å². The smallest absolute Gasteiger partial charge is 0.379 e. The Morgan fingerprint density at radius 3 is 2.78 bits per heavy atom. The Kier molecular flexibility index (Phi) is 6.68. The lowest BCUT2D eigenvalue weighted by atomic mass is 10.3. The van der Waals surface area contributed by atoms with Gasteiger partial charge in [0.05, 0.1) is 35.2 Å². The molecule has 0 radical (unpaired) electrons.